The summed E-state index contributed by atoms with van der Waals surface area (Å²) in [7, 11) is 0. The van der Waals surface area contributed by atoms with Crippen LogP contribution < -0.4 is 33.2 Å². The van der Waals surface area contributed by atoms with Gasteiger partial charge in [0.15, 0.2) is 0 Å². The maximum atomic E-state index is 14.5. The molecule has 0 saturated heterocycles. The third-order valence-corrected chi connectivity index (χ3v) is 9.24. The van der Waals surface area contributed by atoms with Crippen molar-refractivity contribution in [1.82, 2.24) is 20.5 Å². The monoisotopic (exact) mass is 797 g/mol. The molecule has 0 aliphatic carbocycles. The van der Waals surface area contributed by atoms with Gasteiger partial charge in [0, 0.05) is 43.0 Å². The lowest BCUT2D eigenvalue weighted by molar-refractivity contribution is -0.147. The number of unbranched alkanes of at least 4 members (excludes halogenated alkanes) is 3. The number of fused-ring (bicyclic) bond motifs is 3. The molecule has 15 heteroatoms. The predicted molar refractivity (Wildman–Crippen MR) is 219 cm³/mol. The molecule has 3 aromatic rings. The van der Waals surface area contributed by atoms with Crippen molar-refractivity contribution in [3.8, 4) is 0 Å². The Balaban J connectivity index is 0.000000999. The number of carbonyl (C=O) groups is 5. The molecule has 1 aliphatic rings. The van der Waals surface area contributed by atoms with Crippen molar-refractivity contribution in [3.63, 3.8) is 0 Å². The first kappa shape index (κ1) is 48.3. The lowest BCUT2D eigenvalue weighted by Crippen LogP contribution is -2.59. The van der Waals surface area contributed by atoms with Gasteiger partial charge in [0.25, 0.3) is 0 Å². The number of hydrogen-bond donors (Lipinski definition) is 6. The minimum atomic E-state index is -1.30. The SMILES string of the molecule is C.CCC1OCC(=O)NCc2cccc(c2)CC(N)C(=O)N[C@@H](Cc2cn(CCCCCCN)c3ccc(F)cc23)C(=O)NC1C(N)=O.CCCC(=O)OC(C)C. The first-order valence-corrected chi connectivity index (χ1v) is 19.5. The van der Waals surface area contributed by atoms with Crippen LogP contribution in [-0.2, 0) is 59.4 Å². The molecular formula is C42H64FN7O7. The van der Waals surface area contributed by atoms with E-state index in [4.69, 9.17) is 26.7 Å². The van der Waals surface area contributed by atoms with Crippen LogP contribution >= 0.6 is 0 Å². The summed E-state index contributed by atoms with van der Waals surface area (Å²) < 4.78 is 27.1. The second-order valence-corrected chi connectivity index (χ2v) is 14.3. The van der Waals surface area contributed by atoms with E-state index >= 15 is 0 Å². The summed E-state index contributed by atoms with van der Waals surface area (Å²) in [6, 6.07) is 8.27. The normalized spacial score (nSPS) is 19.3. The Bertz CT molecular complexity index is 1770. The Labute approximate surface area is 336 Å². The molecule has 2 bridgehead atoms. The second-order valence-electron chi connectivity index (χ2n) is 14.3. The number of aryl methyl sites for hydroxylation is 1. The molecule has 2 aromatic carbocycles. The van der Waals surface area contributed by atoms with E-state index in [9.17, 15) is 28.4 Å². The molecule has 0 fully saturated rings. The summed E-state index contributed by atoms with van der Waals surface area (Å²) in [5.74, 6) is -3.09. The van der Waals surface area contributed by atoms with E-state index in [2.05, 4.69) is 16.0 Å². The number of esters is 1. The fraction of sp³-hybridized carbons (Fsp3) is 0.548. The van der Waals surface area contributed by atoms with Crippen molar-refractivity contribution in [2.45, 2.75) is 136 Å². The molecule has 4 atom stereocenters. The van der Waals surface area contributed by atoms with E-state index < -0.39 is 53.7 Å². The maximum absolute atomic E-state index is 14.5. The predicted octanol–water partition coefficient (Wildman–Crippen LogP) is 3.67. The summed E-state index contributed by atoms with van der Waals surface area (Å²) in [6.45, 7) is 8.57. The van der Waals surface area contributed by atoms with Crippen LogP contribution in [0.1, 0.15) is 96.8 Å². The fourth-order valence-corrected chi connectivity index (χ4v) is 6.40. The van der Waals surface area contributed by atoms with Gasteiger partial charge in [-0.25, -0.2) is 4.39 Å². The van der Waals surface area contributed by atoms with Crippen LogP contribution in [0.5, 0.6) is 0 Å². The van der Waals surface area contributed by atoms with Crippen molar-refractivity contribution >= 4 is 40.5 Å². The average Bonchev–Trinajstić information content (AvgIpc) is 3.48. The number of rotatable bonds is 13. The maximum Gasteiger partial charge on any atom is 0.306 e. The van der Waals surface area contributed by atoms with E-state index in [0.717, 1.165) is 48.7 Å². The van der Waals surface area contributed by atoms with Gasteiger partial charge in [-0.15, -0.1) is 0 Å². The van der Waals surface area contributed by atoms with E-state index in [1.165, 1.54) is 12.1 Å². The van der Waals surface area contributed by atoms with Crippen LogP contribution in [-0.4, -0.2) is 77.7 Å². The zero-order valence-corrected chi connectivity index (χ0v) is 33.1. The molecule has 14 nitrogen and oxygen atoms in total. The first-order valence-electron chi connectivity index (χ1n) is 19.5. The molecule has 1 aliphatic heterocycles. The number of ether oxygens (including phenoxy) is 2. The zero-order chi connectivity index (χ0) is 41.2. The Morgan fingerprint density at radius 1 is 1.00 bits per heavy atom. The summed E-state index contributed by atoms with van der Waals surface area (Å²) >= 11 is 0. The molecular weight excluding hydrogens is 734 g/mol. The van der Waals surface area contributed by atoms with Gasteiger partial charge in [-0.3, -0.25) is 24.0 Å². The minimum absolute atomic E-state index is 0. The third kappa shape index (κ3) is 15.9. The molecule has 1 aromatic heterocycles. The highest BCUT2D eigenvalue weighted by Crippen LogP contribution is 2.25. The van der Waals surface area contributed by atoms with Crippen LogP contribution in [0.3, 0.4) is 0 Å². The van der Waals surface area contributed by atoms with E-state index in [0.29, 0.717) is 30.5 Å². The molecule has 4 rings (SSSR count). The fourth-order valence-electron chi connectivity index (χ4n) is 6.40. The van der Waals surface area contributed by atoms with Gasteiger partial charge < -0.3 is 47.2 Å². The number of halogens is 1. The molecule has 4 amide bonds. The van der Waals surface area contributed by atoms with Crippen LogP contribution in [0, 0.1) is 5.82 Å². The van der Waals surface area contributed by atoms with Crippen molar-refractivity contribution in [2.24, 2.45) is 17.2 Å². The Morgan fingerprint density at radius 2 is 1.72 bits per heavy atom. The number of nitrogens with one attached hydrogen (secondary N) is 3. The van der Waals surface area contributed by atoms with Crippen molar-refractivity contribution in [3.05, 3.63) is 71.2 Å². The highest BCUT2D eigenvalue weighted by Gasteiger charge is 2.33. The number of carbonyl (C=O) groups excluding carboxylic acids is 5. The van der Waals surface area contributed by atoms with Gasteiger partial charge in [-0.2, -0.15) is 0 Å². The van der Waals surface area contributed by atoms with Gasteiger partial charge in [-0.1, -0.05) is 58.4 Å². The second kappa shape index (κ2) is 24.7. The topological polar surface area (TPSA) is 223 Å². The number of hydrogen-bond acceptors (Lipinski definition) is 9. The van der Waals surface area contributed by atoms with Crippen molar-refractivity contribution < 1.29 is 37.8 Å². The molecule has 316 valence electrons. The van der Waals surface area contributed by atoms with E-state index in [-0.39, 0.29) is 51.9 Å². The van der Waals surface area contributed by atoms with Crippen LogP contribution in [0.15, 0.2) is 48.7 Å². The van der Waals surface area contributed by atoms with E-state index in [1.807, 2.05) is 49.7 Å². The van der Waals surface area contributed by atoms with Gasteiger partial charge in [-0.05, 0) is 87.4 Å². The number of nitrogens with zero attached hydrogens (tertiary/aromatic N) is 1. The lowest BCUT2D eigenvalue weighted by Gasteiger charge is -2.27. The summed E-state index contributed by atoms with van der Waals surface area (Å²) in [4.78, 5) is 63.1. The number of benzene rings is 2. The van der Waals surface area contributed by atoms with Gasteiger partial charge in [0.05, 0.1) is 18.2 Å². The van der Waals surface area contributed by atoms with Crippen LogP contribution in [0.25, 0.3) is 10.9 Å². The molecule has 0 radical (unpaired) electrons. The summed E-state index contributed by atoms with van der Waals surface area (Å²) in [5.41, 5.74) is 20.6. The Kier molecular flexibility index (Phi) is 20.9. The minimum Gasteiger partial charge on any atom is -0.463 e. The molecule has 2 heterocycles. The molecule has 0 saturated carbocycles. The Morgan fingerprint density at radius 3 is 2.39 bits per heavy atom. The standard InChI is InChI=1S/C34H46FN7O5.C7H14O2.CH4/c1-2-29-31(32(38)44)41-34(46)27(16-23-19-42(13-6-4-3-5-12-36)28-11-10-24(35)17-25(23)28)40-33(45)26(37)15-21-8-7-9-22(14-21)18-39-30(43)20-47-29;1-4-5-7(8)9-6(2)3;/h7-11,14,17,19,26-27,29,31H,2-6,12-13,15-16,18,20,36-37H2,1H3,(H2,38,44)(H,39,43)(H,40,45)(H,41,46);6H,4-5H2,1-3H3;1H4/t26?,27-,29?,31?;;/m0../s1. The number of aromatic nitrogens is 1. The first-order chi connectivity index (χ1) is 26.8. The summed E-state index contributed by atoms with van der Waals surface area (Å²) in [5, 5.41) is 8.78. The van der Waals surface area contributed by atoms with Crippen molar-refractivity contribution in [2.75, 3.05) is 13.2 Å². The van der Waals surface area contributed by atoms with Gasteiger partial charge >= 0.3 is 5.97 Å². The Hall–Kier alpha value is -4.86. The third-order valence-electron chi connectivity index (χ3n) is 9.24. The molecule has 57 heavy (non-hydrogen) atoms. The zero-order valence-electron chi connectivity index (χ0n) is 33.1. The highest BCUT2D eigenvalue weighted by molar-refractivity contribution is 5.94. The summed E-state index contributed by atoms with van der Waals surface area (Å²) in [6.07, 6.45) is 6.59. The van der Waals surface area contributed by atoms with Gasteiger partial charge in [0.2, 0.25) is 23.6 Å². The number of nitrogens with two attached hydrogens (primary N) is 3. The average molecular weight is 798 g/mol. The largest absolute Gasteiger partial charge is 0.463 e. The van der Waals surface area contributed by atoms with Crippen molar-refractivity contribution in [1.29, 1.82) is 0 Å². The molecule has 3 unspecified atom stereocenters. The molecule has 9 N–H and O–H groups in total. The lowest BCUT2D eigenvalue weighted by atomic mass is 10.0. The van der Waals surface area contributed by atoms with Crippen LogP contribution in [0.4, 0.5) is 4.39 Å². The number of primary amides is 1. The molecule has 0 spiro atoms. The van der Waals surface area contributed by atoms with E-state index in [1.54, 1.807) is 19.1 Å². The van der Waals surface area contributed by atoms with Crippen LogP contribution in [0.2, 0.25) is 0 Å². The highest BCUT2D eigenvalue weighted by atomic mass is 19.1. The quantitative estimate of drug-likeness (QED) is 0.110. The van der Waals surface area contributed by atoms with Gasteiger partial charge in [0.1, 0.15) is 24.5 Å². The number of amides is 4. The smallest absolute Gasteiger partial charge is 0.306 e.